The molecule has 0 aromatic carbocycles. The fourth-order valence-corrected chi connectivity index (χ4v) is 8.37. The average molecular weight is 399 g/mol. The van der Waals surface area contributed by atoms with E-state index in [1.165, 1.54) is 56.9 Å². The second-order valence-corrected chi connectivity index (χ2v) is 12.2. The Morgan fingerprint density at radius 3 is 2.48 bits per heavy atom. The summed E-state index contributed by atoms with van der Waals surface area (Å²) in [5, 5.41) is 10.2. The van der Waals surface area contributed by atoms with Gasteiger partial charge in [0, 0.05) is 0 Å². The Hall–Kier alpha value is -0.560. The first-order chi connectivity index (χ1) is 13.7. The number of aliphatic hydroxyl groups is 1. The van der Waals surface area contributed by atoms with Gasteiger partial charge in [0.05, 0.1) is 6.10 Å². The van der Waals surface area contributed by atoms with E-state index in [1.807, 2.05) is 5.57 Å². The highest BCUT2D eigenvalue weighted by molar-refractivity contribution is 5.27. The third kappa shape index (κ3) is 3.58. The molecule has 3 fully saturated rings. The molecule has 0 aromatic rings. The largest absolute Gasteiger partial charge is 0.393 e. The van der Waals surface area contributed by atoms with E-state index in [0.29, 0.717) is 22.7 Å². The normalized spacial score (nSPS) is 45.2. The SMILES string of the molecule is C=C(CCC(C)C1CCC2C3=CCC4CC(O)CC[C@]4(C)C3CC[C@@]21C)C(C)C. The van der Waals surface area contributed by atoms with Crippen molar-refractivity contribution in [1.82, 2.24) is 0 Å². The van der Waals surface area contributed by atoms with Crippen LogP contribution in [0.5, 0.6) is 0 Å². The van der Waals surface area contributed by atoms with Crippen LogP contribution in [0.25, 0.3) is 0 Å². The molecule has 0 aliphatic heterocycles. The Morgan fingerprint density at radius 1 is 1.07 bits per heavy atom. The van der Waals surface area contributed by atoms with E-state index in [-0.39, 0.29) is 6.10 Å². The molecule has 1 heteroatoms. The fourth-order valence-electron chi connectivity index (χ4n) is 8.37. The minimum Gasteiger partial charge on any atom is -0.393 e. The summed E-state index contributed by atoms with van der Waals surface area (Å²) in [6.07, 6.45) is 15.3. The van der Waals surface area contributed by atoms with Gasteiger partial charge >= 0.3 is 0 Å². The summed E-state index contributed by atoms with van der Waals surface area (Å²) in [7, 11) is 0. The van der Waals surface area contributed by atoms with Crippen molar-refractivity contribution in [3.05, 3.63) is 23.8 Å². The number of aliphatic hydroxyl groups excluding tert-OH is 1. The Bertz CT molecular complexity index is 659. The van der Waals surface area contributed by atoms with Gasteiger partial charge in [-0.1, -0.05) is 58.4 Å². The number of hydrogen-bond acceptors (Lipinski definition) is 1. The van der Waals surface area contributed by atoms with Gasteiger partial charge in [0.2, 0.25) is 0 Å². The van der Waals surface area contributed by atoms with E-state index in [1.54, 1.807) is 0 Å². The summed E-state index contributed by atoms with van der Waals surface area (Å²) in [5.41, 5.74) is 4.26. The summed E-state index contributed by atoms with van der Waals surface area (Å²) in [6, 6.07) is 0. The molecule has 4 rings (SSSR count). The Balaban J connectivity index is 1.50. The second-order valence-electron chi connectivity index (χ2n) is 12.2. The third-order valence-corrected chi connectivity index (χ3v) is 10.5. The van der Waals surface area contributed by atoms with Crippen LogP contribution in [0.1, 0.15) is 98.8 Å². The summed E-state index contributed by atoms with van der Waals surface area (Å²) in [5.74, 6) is 4.65. The first-order valence-electron chi connectivity index (χ1n) is 12.7. The molecule has 4 aliphatic rings. The predicted octanol–water partition coefficient (Wildman–Crippen LogP) is 7.55. The van der Waals surface area contributed by atoms with Crippen molar-refractivity contribution in [2.24, 2.45) is 46.3 Å². The monoisotopic (exact) mass is 398 g/mol. The molecule has 6 unspecified atom stereocenters. The van der Waals surface area contributed by atoms with Crippen LogP contribution in [-0.4, -0.2) is 11.2 Å². The van der Waals surface area contributed by atoms with Crippen molar-refractivity contribution in [3.63, 3.8) is 0 Å². The third-order valence-electron chi connectivity index (χ3n) is 10.5. The van der Waals surface area contributed by atoms with Crippen molar-refractivity contribution < 1.29 is 5.11 Å². The maximum atomic E-state index is 10.2. The number of allylic oxidation sites excluding steroid dienone is 3. The van der Waals surface area contributed by atoms with Crippen LogP contribution >= 0.6 is 0 Å². The molecular weight excluding hydrogens is 352 g/mol. The van der Waals surface area contributed by atoms with Crippen LogP contribution in [-0.2, 0) is 0 Å². The van der Waals surface area contributed by atoms with Crippen LogP contribution in [0.15, 0.2) is 23.8 Å². The lowest BCUT2D eigenvalue weighted by Gasteiger charge is -2.57. The zero-order chi connectivity index (χ0) is 21.0. The molecule has 1 nitrogen and oxygen atoms in total. The van der Waals surface area contributed by atoms with Gasteiger partial charge in [-0.15, -0.1) is 0 Å². The highest BCUT2D eigenvalue weighted by Crippen LogP contribution is 2.66. The molecule has 0 amide bonds. The quantitative estimate of drug-likeness (QED) is 0.474. The van der Waals surface area contributed by atoms with E-state index < -0.39 is 0 Å². The van der Waals surface area contributed by atoms with Gasteiger partial charge in [-0.3, -0.25) is 0 Å². The van der Waals surface area contributed by atoms with E-state index in [4.69, 9.17) is 0 Å². The van der Waals surface area contributed by atoms with Gasteiger partial charge in [-0.2, -0.15) is 0 Å². The van der Waals surface area contributed by atoms with Gasteiger partial charge in [-0.05, 0) is 111 Å². The summed E-state index contributed by atoms with van der Waals surface area (Å²) in [4.78, 5) is 0. The van der Waals surface area contributed by atoms with Crippen molar-refractivity contribution in [1.29, 1.82) is 0 Å². The average Bonchev–Trinajstić information content (AvgIpc) is 3.03. The Morgan fingerprint density at radius 2 is 1.76 bits per heavy atom. The lowest BCUT2D eigenvalue weighted by Crippen LogP contribution is -2.49. The molecule has 3 saturated carbocycles. The fraction of sp³-hybridized carbons (Fsp3) is 0.857. The standard InChI is InChI=1S/C28H46O/c1-18(2)19(3)7-8-20(4)24-11-12-25-23-10-9-21-17-22(29)13-15-27(21,5)26(23)14-16-28(24,25)6/h10,18,20-22,24-26,29H,3,7-9,11-17H2,1-2,4-6H3/t20?,21?,22?,24?,25?,26?,27-,28+/m0/s1. The number of rotatable bonds is 5. The number of fused-ring (bicyclic) bond motifs is 5. The molecule has 0 aromatic heterocycles. The highest BCUT2D eigenvalue weighted by Gasteiger charge is 2.58. The zero-order valence-electron chi connectivity index (χ0n) is 19.8. The lowest BCUT2D eigenvalue weighted by molar-refractivity contribution is -0.0427. The van der Waals surface area contributed by atoms with Crippen LogP contribution < -0.4 is 0 Å². The maximum absolute atomic E-state index is 10.2. The second kappa shape index (κ2) is 7.85. The lowest BCUT2D eigenvalue weighted by atomic mass is 9.47. The van der Waals surface area contributed by atoms with Gasteiger partial charge in [0.1, 0.15) is 0 Å². The molecule has 164 valence electrons. The molecule has 4 aliphatic carbocycles. The van der Waals surface area contributed by atoms with E-state index in [0.717, 1.165) is 36.5 Å². The Kier molecular flexibility index (Phi) is 5.86. The molecular formula is C28H46O. The predicted molar refractivity (Wildman–Crippen MR) is 124 cm³/mol. The molecule has 1 N–H and O–H groups in total. The van der Waals surface area contributed by atoms with E-state index >= 15 is 0 Å². The minimum atomic E-state index is -0.0471. The highest BCUT2D eigenvalue weighted by atomic mass is 16.3. The van der Waals surface area contributed by atoms with Crippen LogP contribution in [0, 0.1) is 46.3 Å². The molecule has 0 radical (unpaired) electrons. The first kappa shape index (κ1) is 21.7. The zero-order valence-corrected chi connectivity index (χ0v) is 19.8. The first-order valence-corrected chi connectivity index (χ1v) is 12.7. The minimum absolute atomic E-state index is 0.0471. The molecule has 0 heterocycles. The van der Waals surface area contributed by atoms with Crippen LogP contribution in [0.3, 0.4) is 0 Å². The van der Waals surface area contributed by atoms with Crippen molar-refractivity contribution in [2.45, 2.75) is 105 Å². The van der Waals surface area contributed by atoms with Gasteiger partial charge in [0.15, 0.2) is 0 Å². The topological polar surface area (TPSA) is 20.2 Å². The van der Waals surface area contributed by atoms with Crippen molar-refractivity contribution in [2.75, 3.05) is 0 Å². The smallest absolute Gasteiger partial charge is 0.0543 e. The van der Waals surface area contributed by atoms with Crippen molar-refractivity contribution in [3.8, 4) is 0 Å². The Labute approximate surface area is 180 Å². The van der Waals surface area contributed by atoms with E-state index in [9.17, 15) is 5.11 Å². The van der Waals surface area contributed by atoms with Gasteiger partial charge < -0.3 is 5.11 Å². The van der Waals surface area contributed by atoms with Crippen molar-refractivity contribution >= 4 is 0 Å². The van der Waals surface area contributed by atoms with Crippen LogP contribution in [0.4, 0.5) is 0 Å². The molecule has 8 atom stereocenters. The van der Waals surface area contributed by atoms with Crippen LogP contribution in [0.2, 0.25) is 0 Å². The molecule has 29 heavy (non-hydrogen) atoms. The van der Waals surface area contributed by atoms with Gasteiger partial charge in [-0.25, -0.2) is 0 Å². The van der Waals surface area contributed by atoms with E-state index in [2.05, 4.69) is 47.3 Å². The summed E-state index contributed by atoms with van der Waals surface area (Å²) >= 11 is 0. The summed E-state index contributed by atoms with van der Waals surface area (Å²) in [6.45, 7) is 16.7. The number of hydrogen-bond donors (Lipinski definition) is 1. The summed E-state index contributed by atoms with van der Waals surface area (Å²) < 4.78 is 0. The maximum Gasteiger partial charge on any atom is 0.0543 e. The van der Waals surface area contributed by atoms with Gasteiger partial charge in [0.25, 0.3) is 0 Å². The molecule has 0 bridgehead atoms. The molecule has 0 spiro atoms. The molecule has 0 saturated heterocycles.